The van der Waals surface area contributed by atoms with E-state index in [1.165, 1.54) is 0 Å². The predicted octanol–water partition coefficient (Wildman–Crippen LogP) is 2.28. The van der Waals surface area contributed by atoms with Crippen molar-refractivity contribution in [3.05, 3.63) is 35.4 Å². The quantitative estimate of drug-likeness (QED) is 0.639. The molecule has 2 rings (SSSR count). The van der Waals surface area contributed by atoms with Crippen molar-refractivity contribution >= 4 is 34.8 Å². The molecule has 14 heavy (non-hydrogen) atoms. The number of alkyl halides is 2. The van der Waals surface area contributed by atoms with E-state index in [0.717, 1.165) is 0 Å². The van der Waals surface area contributed by atoms with Gasteiger partial charge >= 0.3 is 0 Å². The minimum Gasteiger partial charge on any atom is -0.292 e. The van der Waals surface area contributed by atoms with E-state index >= 15 is 0 Å². The molecule has 0 heterocycles. The van der Waals surface area contributed by atoms with E-state index in [1.54, 1.807) is 24.3 Å². The Morgan fingerprint density at radius 1 is 0.857 bits per heavy atom. The molecule has 0 bridgehead atoms. The molecular formula is C10H6Cl2O2. The van der Waals surface area contributed by atoms with Crippen molar-refractivity contribution in [1.29, 1.82) is 0 Å². The molecule has 1 aliphatic rings. The van der Waals surface area contributed by atoms with Crippen LogP contribution in [0.5, 0.6) is 0 Å². The fourth-order valence-electron chi connectivity index (χ4n) is 1.48. The van der Waals surface area contributed by atoms with E-state index in [4.69, 9.17) is 23.2 Å². The summed E-state index contributed by atoms with van der Waals surface area (Å²) in [4.78, 5) is 23.2. The second-order valence-corrected chi connectivity index (χ2v) is 4.02. The zero-order chi connectivity index (χ0) is 10.3. The van der Waals surface area contributed by atoms with Crippen molar-refractivity contribution in [2.45, 2.75) is 10.8 Å². The van der Waals surface area contributed by atoms with Crippen molar-refractivity contribution in [1.82, 2.24) is 0 Å². The highest BCUT2D eigenvalue weighted by Gasteiger charge is 2.38. The maximum Gasteiger partial charge on any atom is 0.183 e. The Bertz CT molecular complexity index is 375. The Labute approximate surface area is 90.8 Å². The van der Waals surface area contributed by atoms with E-state index in [9.17, 15) is 9.59 Å². The van der Waals surface area contributed by atoms with Gasteiger partial charge in [-0.3, -0.25) is 9.59 Å². The molecule has 1 aromatic carbocycles. The largest absolute Gasteiger partial charge is 0.292 e. The third-order valence-electron chi connectivity index (χ3n) is 2.22. The number of fused-ring (bicyclic) bond motifs is 1. The van der Waals surface area contributed by atoms with Gasteiger partial charge in [0.2, 0.25) is 0 Å². The third-order valence-corrected chi connectivity index (χ3v) is 3.25. The highest BCUT2D eigenvalue weighted by atomic mass is 35.5. The van der Waals surface area contributed by atoms with Crippen LogP contribution in [0.15, 0.2) is 24.3 Å². The van der Waals surface area contributed by atoms with Crippen molar-refractivity contribution < 1.29 is 9.59 Å². The van der Waals surface area contributed by atoms with Crippen LogP contribution >= 0.6 is 23.2 Å². The van der Waals surface area contributed by atoms with Crippen LogP contribution in [-0.4, -0.2) is 22.3 Å². The van der Waals surface area contributed by atoms with E-state index in [2.05, 4.69) is 0 Å². The molecule has 0 saturated carbocycles. The molecule has 0 aromatic heterocycles. The molecule has 2 nitrogen and oxygen atoms in total. The standard InChI is InChI=1S/C10H6Cl2O2/c11-7-8(12)10(14)6-4-2-1-3-5(6)9(7)13/h1-4,7-8H/t7-,8+. The molecule has 0 amide bonds. The van der Waals surface area contributed by atoms with Gasteiger partial charge in [0.1, 0.15) is 10.8 Å². The number of benzene rings is 1. The summed E-state index contributed by atoms with van der Waals surface area (Å²) in [6.45, 7) is 0. The van der Waals surface area contributed by atoms with Gasteiger partial charge in [0, 0.05) is 11.1 Å². The molecule has 0 aliphatic heterocycles. The molecule has 0 unspecified atom stereocenters. The van der Waals surface area contributed by atoms with Crippen LogP contribution in [-0.2, 0) is 0 Å². The lowest BCUT2D eigenvalue weighted by molar-refractivity contribution is 0.0899. The van der Waals surface area contributed by atoms with E-state index in [-0.39, 0.29) is 11.6 Å². The van der Waals surface area contributed by atoms with Gasteiger partial charge < -0.3 is 0 Å². The second kappa shape index (κ2) is 3.37. The molecule has 1 aliphatic carbocycles. The van der Waals surface area contributed by atoms with Crippen molar-refractivity contribution in [3.63, 3.8) is 0 Å². The normalized spacial score (nSPS) is 26.1. The van der Waals surface area contributed by atoms with Crippen LogP contribution in [0, 0.1) is 0 Å². The summed E-state index contributed by atoms with van der Waals surface area (Å²) in [6, 6.07) is 6.58. The average Bonchev–Trinajstić information content (AvgIpc) is 2.23. The molecule has 4 heteroatoms. The van der Waals surface area contributed by atoms with E-state index in [0.29, 0.717) is 11.1 Å². The summed E-state index contributed by atoms with van der Waals surface area (Å²) in [6.07, 6.45) is 0. The molecule has 0 N–H and O–H groups in total. The Kier molecular flexibility index (Phi) is 2.33. The molecule has 0 fully saturated rings. The Morgan fingerprint density at radius 3 is 1.57 bits per heavy atom. The number of hydrogen-bond donors (Lipinski definition) is 0. The van der Waals surface area contributed by atoms with E-state index < -0.39 is 10.8 Å². The first-order valence-corrected chi connectivity index (χ1v) is 4.96. The second-order valence-electron chi connectivity index (χ2n) is 3.08. The van der Waals surface area contributed by atoms with Crippen LogP contribution in [0.2, 0.25) is 0 Å². The van der Waals surface area contributed by atoms with Crippen LogP contribution in [0.1, 0.15) is 20.7 Å². The average molecular weight is 229 g/mol. The summed E-state index contributed by atoms with van der Waals surface area (Å²) in [5.41, 5.74) is 0.740. The van der Waals surface area contributed by atoms with Crippen molar-refractivity contribution in [2.24, 2.45) is 0 Å². The van der Waals surface area contributed by atoms with Gasteiger partial charge in [-0.25, -0.2) is 0 Å². The third kappa shape index (κ3) is 1.26. The molecular weight excluding hydrogens is 223 g/mol. The fraction of sp³-hybridized carbons (Fsp3) is 0.200. The first-order valence-electron chi connectivity index (χ1n) is 4.08. The number of ketones is 2. The Balaban J connectivity index is 2.62. The van der Waals surface area contributed by atoms with Crippen molar-refractivity contribution in [3.8, 4) is 0 Å². The van der Waals surface area contributed by atoms with Gasteiger partial charge in [-0.1, -0.05) is 24.3 Å². The Hall–Kier alpha value is -0.860. The zero-order valence-electron chi connectivity index (χ0n) is 7.04. The maximum atomic E-state index is 11.6. The zero-order valence-corrected chi connectivity index (χ0v) is 8.55. The molecule has 1 aromatic rings. The predicted molar refractivity (Wildman–Crippen MR) is 54.4 cm³/mol. The lowest BCUT2D eigenvalue weighted by Gasteiger charge is -2.21. The molecule has 2 atom stereocenters. The summed E-state index contributed by atoms with van der Waals surface area (Å²) >= 11 is 11.5. The van der Waals surface area contributed by atoms with Crippen LogP contribution in [0.25, 0.3) is 0 Å². The summed E-state index contributed by atoms with van der Waals surface area (Å²) in [5.74, 6) is -0.552. The lowest BCUT2D eigenvalue weighted by Crippen LogP contribution is -2.38. The van der Waals surface area contributed by atoms with Crippen LogP contribution in [0.4, 0.5) is 0 Å². The highest BCUT2D eigenvalue weighted by molar-refractivity contribution is 6.48. The first-order chi connectivity index (χ1) is 6.63. The van der Waals surface area contributed by atoms with Gasteiger partial charge in [-0.15, -0.1) is 23.2 Å². The minimum atomic E-state index is -0.945. The summed E-state index contributed by atoms with van der Waals surface area (Å²) in [7, 11) is 0. The number of hydrogen-bond acceptors (Lipinski definition) is 2. The number of carbonyl (C=O) groups excluding carboxylic acids is 2. The summed E-state index contributed by atoms with van der Waals surface area (Å²) < 4.78 is 0. The Morgan fingerprint density at radius 2 is 1.21 bits per heavy atom. The summed E-state index contributed by atoms with van der Waals surface area (Å²) in [5, 5.41) is -1.89. The molecule has 0 radical (unpaired) electrons. The number of halogens is 2. The molecule has 0 spiro atoms. The van der Waals surface area contributed by atoms with Gasteiger partial charge in [-0.2, -0.15) is 0 Å². The highest BCUT2D eigenvalue weighted by Crippen LogP contribution is 2.27. The van der Waals surface area contributed by atoms with Crippen LogP contribution in [0.3, 0.4) is 0 Å². The van der Waals surface area contributed by atoms with Crippen molar-refractivity contribution in [2.75, 3.05) is 0 Å². The first kappa shape index (κ1) is 9.69. The van der Waals surface area contributed by atoms with Crippen LogP contribution < -0.4 is 0 Å². The smallest absolute Gasteiger partial charge is 0.183 e. The molecule has 72 valence electrons. The van der Waals surface area contributed by atoms with Gasteiger partial charge in [0.25, 0.3) is 0 Å². The minimum absolute atomic E-state index is 0.276. The van der Waals surface area contributed by atoms with Gasteiger partial charge in [-0.05, 0) is 0 Å². The topological polar surface area (TPSA) is 34.1 Å². The number of Topliss-reactive ketones (excluding diaryl/α,β-unsaturated/α-hetero) is 2. The maximum absolute atomic E-state index is 11.6. The lowest BCUT2D eigenvalue weighted by atomic mass is 9.89. The van der Waals surface area contributed by atoms with Gasteiger partial charge in [0.05, 0.1) is 0 Å². The van der Waals surface area contributed by atoms with Gasteiger partial charge in [0.15, 0.2) is 11.6 Å². The SMILES string of the molecule is O=C1c2ccccc2C(=O)[C@H](Cl)[C@@H]1Cl. The van der Waals surface area contributed by atoms with E-state index in [1.807, 2.05) is 0 Å². The fourth-order valence-corrected chi connectivity index (χ4v) is 1.94. The molecule has 0 saturated heterocycles. The number of carbonyl (C=O) groups is 2. The monoisotopic (exact) mass is 228 g/mol. The number of rotatable bonds is 0.